The first-order valence-electron chi connectivity index (χ1n) is 11.9. The van der Waals surface area contributed by atoms with Gasteiger partial charge in [0, 0.05) is 6.42 Å². The van der Waals surface area contributed by atoms with Crippen molar-refractivity contribution in [3.63, 3.8) is 0 Å². The molecule has 0 radical (unpaired) electrons. The second-order valence-electron chi connectivity index (χ2n) is 7.91. The first-order chi connectivity index (χ1) is 18.0. The van der Waals surface area contributed by atoms with Crippen molar-refractivity contribution < 1.29 is 23.7 Å². The van der Waals surface area contributed by atoms with Gasteiger partial charge in [-0.25, -0.2) is 0 Å². The van der Waals surface area contributed by atoms with Crippen LogP contribution in [0.2, 0.25) is 0 Å². The number of nitrogens with one attached hydrogen (secondary N) is 1. The normalized spacial score (nSPS) is 11.0. The Labute approximate surface area is 220 Å². The molecular formula is C27H30N4O5S. The van der Waals surface area contributed by atoms with E-state index in [1.807, 2.05) is 44.2 Å². The van der Waals surface area contributed by atoms with E-state index in [-0.39, 0.29) is 5.57 Å². The van der Waals surface area contributed by atoms with E-state index >= 15 is 0 Å². The smallest absolute Gasteiger partial charge is 0.268 e. The van der Waals surface area contributed by atoms with Crippen molar-refractivity contribution in [1.29, 1.82) is 5.26 Å². The number of amides is 1. The number of hydrogen-bond acceptors (Lipinski definition) is 9. The number of benzene rings is 2. The average Bonchev–Trinajstić information content (AvgIpc) is 3.34. The SMILES string of the molecule is CCCc1nnc(NC(=O)/C(C#N)=C\c2ccc(OCCOCCOc3cccc(C)c3)c(OC)c2)s1. The van der Waals surface area contributed by atoms with E-state index in [0.29, 0.717) is 48.6 Å². The largest absolute Gasteiger partial charge is 0.493 e. The van der Waals surface area contributed by atoms with E-state index in [2.05, 4.69) is 15.5 Å². The summed E-state index contributed by atoms with van der Waals surface area (Å²) in [6, 6.07) is 14.9. The minimum absolute atomic E-state index is 0.0655. The number of carbonyl (C=O) groups is 1. The van der Waals surface area contributed by atoms with Crippen LogP contribution in [0.3, 0.4) is 0 Å². The van der Waals surface area contributed by atoms with E-state index in [1.54, 1.807) is 18.2 Å². The predicted octanol–water partition coefficient (Wildman–Crippen LogP) is 4.83. The molecule has 0 saturated heterocycles. The summed E-state index contributed by atoms with van der Waals surface area (Å²) in [6.07, 6.45) is 3.20. The third-order valence-corrected chi connectivity index (χ3v) is 5.88. The zero-order valence-corrected chi connectivity index (χ0v) is 22.0. The van der Waals surface area contributed by atoms with Gasteiger partial charge in [0.25, 0.3) is 5.91 Å². The Bertz CT molecular complexity index is 1250. The summed E-state index contributed by atoms with van der Waals surface area (Å²) in [4.78, 5) is 12.5. The summed E-state index contributed by atoms with van der Waals surface area (Å²) in [5, 5.41) is 21.3. The van der Waals surface area contributed by atoms with Crippen LogP contribution < -0.4 is 19.5 Å². The predicted molar refractivity (Wildman–Crippen MR) is 142 cm³/mol. The van der Waals surface area contributed by atoms with Crippen molar-refractivity contribution >= 4 is 28.5 Å². The second kappa shape index (κ2) is 14.6. The summed E-state index contributed by atoms with van der Waals surface area (Å²) in [6.45, 7) is 5.64. The molecule has 3 aromatic rings. The number of nitrogens with zero attached hydrogens (tertiary/aromatic N) is 3. The molecule has 0 fully saturated rings. The molecule has 0 unspecified atom stereocenters. The number of carbonyl (C=O) groups excluding carboxylic acids is 1. The van der Waals surface area contributed by atoms with Gasteiger partial charge in [-0.15, -0.1) is 10.2 Å². The Balaban J connectivity index is 1.48. The van der Waals surface area contributed by atoms with Gasteiger partial charge < -0.3 is 18.9 Å². The summed E-state index contributed by atoms with van der Waals surface area (Å²) in [5.74, 6) is 1.27. The van der Waals surface area contributed by atoms with Gasteiger partial charge in [-0.3, -0.25) is 10.1 Å². The lowest BCUT2D eigenvalue weighted by atomic mass is 10.1. The van der Waals surface area contributed by atoms with Gasteiger partial charge in [-0.2, -0.15) is 5.26 Å². The lowest BCUT2D eigenvalue weighted by Gasteiger charge is -2.12. The lowest BCUT2D eigenvalue weighted by Crippen LogP contribution is -2.13. The first kappa shape index (κ1) is 27.6. The molecule has 1 N–H and O–H groups in total. The minimum atomic E-state index is -0.551. The molecule has 0 aliphatic rings. The average molecular weight is 523 g/mol. The molecule has 0 aliphatic heterocycles. The Kier molecular flexibility index (Phi) is 10.9. The lowest BCUT2D eigenvalue weighted by molar-refractivity contribution is -0.112. The van der Waals surface area contributed by atoms with E-state index in [4.69, 9.17) is 18.9 Å². The van der Waals surface area contributed by atoms with Crippen molar-refractivity contribution in [2.75, 3.05) is 38.9 Å². The fourth-order valence-electron chi connectivity index (χ4n) is 3.23. The monoisotopic (exact) mass is 522 g/mol. The van der Waals surface area contributed by atoms with Crippen LogP contribution in [0.5, 0.6) is 17.2 Å². The van der Waals surface area contributed by atoms with E-state index in [9.17, 15) is 10.1 Å². The van der Waals surface area contributed by atoms with Gasteiger partial charge in [0.1, 0.15) is 35.6 Å². The molecule has 9 nitrogen and oxygen atoms in total. The maximum absolute atomic E-state index is 12.5. The minimum Gasteiger partial charge on any atom is -0.493 e. The molecule has 1 amide bonds. The zero-order valence-electron chi connectivity index (χ0n) is 21.2. The molecule has 0 saturated carbocycles. The Morgan fingerprint density at radius 1 is 1.08 bits per heavy atom. The maximum atomic E-state index is 12.5. The number of anilines is 1. The van der Waals surface area contributed by atoms with Crippen LogP contribution in [0.1, 0.15) is 29.5 Å². The Morgan fingerprint density at radius 2 is 1.89 bits per heavy atom. The second-order valence-corrected chi connectivity index (χ2v) is 8.97. The van der Waals surface area contributed by atoms with Crippen molar-refractivity contribution in [1.82, 2.24) is 10.2 Å². The molecule has 3 rings (SSSR count). The van der Waals surface area contributed by atoms with Gasteiger partial charge in [-0.1, -0.05) is 36.5 Å². The van der Waals surface area contributed by atoms with Crippen molar-refractivity contribution in [3.05, 3.63) is 64.2 Å². The highest BCUT2D eigenvalue weighted by Gasteiger charge is 2.14. The number of rotatable bonds is 14. The molecule has 2 aromatic carbocycles. The van der Waals surface area contributed by atoms with Crippen molar-refractivity contribution in [3.8, 4) is 23.3 Å². The van der Waals surface area contributed by atoms with E-state index < -0.39 is 5.91 Å². The number of nitriles is 1. The highest BCUT2D eigenvalue weighted by molar-refractivity contribution is 7.15. The van der Waals surface area contributed by atoms with Crippen LogP contribution in [-0.2, 0) is 16.0 Å². The molecule has 1 heterocycles. The van der Waals surface area contributed by atoms with Crippen molar-refractivity contribution in [2.24, 2.45) is 0 Å². The van der Waals surface area contributed by atoms with Gasteiger partial charge in [0.05, 0.1) is 20.3 Å². The highest BCUT2D eigenvalue weighted by atomic mass is 32.1. The van der Waals surface area contributed by atoms with Gasteiger partial charge in [-0.05, 0) is 54.8 Å². The molecular weight excluding hydrogens is 492 g/mol. The van der Waals surface area contributed by atoms with Crippen LogP contribution in [-0.4, -0.2) is 49.6 Å². The van der Waals surface area contributed by atoms with Crippen LogP contribution in [0.15, 0.2) is 48.0 Å². The molecule has 10 heteroatoms. The number of aryl methyl sites for hydroxylation is 2. The third kappa shape index (κ3) is 8.90. The zero-order chi connectivity index (χ0) is 26.5. The molecule has 194 valence electrons. The first-order valence-corrected chi connectivity index (χ1v) is 12.7. The maximum Gasteiger partial charge on any atom is 0.268 e. The Hall–Kier alpha value is -3.94. The molecule has 0 atom stereocenters. The molecule has 37 heavy (non-hydrogen) atoms. The van der Waals surface area contributed by atoms with Gasteiger partial charge >= 0.3 is 0 Å². The quantitative estimate of drug-likeness (QED) is 0.182. The topological polar surface area (TPSA) is 116 Å². The fraction of sp³-hybridized carbons (Fsp3) is 0.333. The number of ether oxygens (including phenoxy) is 4. The molecule has 0 aliphatic carbocycles. The van der Waals surface area contributed by atoms with Gasteiger partial charge in [0.15, 0.2) is 11.5 Å². The number of hydrogen-bond donors (Lipinski definition) is 1. The van der Waals surface area contributed by atoms with Crippen molar-refractivity contribution in [2.45, 2.75) is 26.7 Å². The molecule has 0 bridgehead atoms. The summed E-state index contributed by atoms with van der Waals surface area (Å²) in [5.41, 5.74) is 1.69. The summed E-state index contributed by atoms with van der Waals surface area (Å²) < 4.78 is 22.4. The third-order valence-electron chi connectivity index (χ3n) is 4.99. The molecule has 0 spiro atoms. The number of methoxy groups -OCH3 is 1. The summed E-state index contributed by atoms with van der Waals surface area (Å²) in [7, 11) is 1.52. The van der Waals surface area contributed by atoms with Gasteiger partial charge in [0.2, 0.25) is 5.13 Å². The van der Waals surface area contributed by atoms with Crippen LogP contribution in [0.25, 0.3) is 6.08 Å². The van der Waals surface area contributed by atoms with Crippen LogP contribution in [0, 0.1) is 18.3 Å². The standard InChI is InChI=1S/C27H30N4O5S/c1-4-6-25-30-31-27(37-25)29-26(32)21(18-28)16-20-9-10-23(24(17-20)33-3)36-14-12-34-11-13-35-22-8-5-7-19(2)15-22/h5,7-10,15-17H,4,6,11-14H2,1-3H3,(H,29,31,32)/b21-16-. The fourth-order valence-corrected chi connectivity index (χ4v) is 4.06. The Morgan fingerprint density at radius 3 is 2.62 bits per heavy atom. The van der Waals surface area contributed by atoms with Crippen LogP contribution in [0.4, 0.5) is 5.13 Å². The van der Waals surface area contributed by atoms with Crippen LogP contribution >= 0.6 is 11.3 Å². The highest BCUT2D eigenvalue weighted by Crippen LogP contribution is 2.29. The number of aromatic nitrogens is 2. The van der Waals surface area contributed by atoms with E-state index in [1.165, 1.54) is 24.5 Å². The van der Waals surface area contributed by atoms with E-state index in [0.717, 1.165) is 29.2 Å². The molecule has 1 aromatic heterocycles. The summed E-state index contributed by atoms with van der Waals surface area (Å²) >= 11 is 1.30.